The van der Waals surface area contributed by atoms with Crippen LogP contribution in [-0.4, -0.2) is 69.3 Å². The van der Waals surface area contributed by atoms with E-state index in [1.165, 1.54) is 11.1 Å². The summed E-state index contributed by atoms with van der Waals surface area (Å²) in [5, 5.41) is 0.897. The fourth-order valence-corrected chi connectivity index (χ4v) is 4.83. The quantitative estimate of drug-likeness (QED) is 0.684. The molecule has 0 aliphatic carbocycles. The van der Waals surface area contributed by atoms with Crippen LogP contribution in [-0.2, 0) is 24.3 Å². The van der Waals surface area contributed by atoms with Gasteiger partial charge in [-0.25, -0.2) is 9.97 Å². The largest absolute Gasteiger partial charge is 0.383 e. The van der Waals surface area contributed by atoms with Crippen molar-refractivity contribution in [2.75, 3.05) is 38.5 Å². The molecule has 3 heterocycles. The summed E-state index contributed by atoms with van der Waals surface area (Å²) in [5.74, 6) is 1.52. The third kappa shape index (κ3) is 4.18. The first-order valence-electron chi connectivity index (χ1n) is 11.4. The fourth-order valence-electron chi connectivity index (χ4n) is 4.83. The molecule has 0 radical (unpaired) electrons. The molecule has 7 heteroatoms. The summed E-state index contributed by atoms with van der Waals surface area (Å²) in [6.45, 7) is 7.74. The first-order chi connectivity index (χ1) is 15.6. The molecule has 1 saturated heterocycles. The average Bonchev–Trinajstić information content (AvgIpc) is 2.83. The molecule has 32 heavy (non-hydrogen) atoms. The van der Waals surface area contributed by atoms with Crippen LogP contribution in [0.5, 0.6) is 0 Å². The summed E-state index contributed by atoms with van der Waals surface area (Å²) in [7, 11) is 0. The van der Waals surface area contributed by atoms with Gasteiger partial charge in [-0.15, -0.1) is 0 Å². The van der Waals surface area contributed by atoms with E-state index in [4.69, 9.17) is 5.73 Å². The Bertz CT molecular complexity index is 1120. The van der Waals surface area contributed by atoms with E-state index < -0.39 is 0 Å². The highest BCUT2D eigenvalue weighted by atomic mass is 16.2. The first kappa shape index (κ1) is 20.8. The van der Waals surface area contributed by atoms with Gasteiger partial charge in [0.15, 0.2) is 0 Å². The van der Waals surface area contributed by atoms with Crippen molar-refractivity contribution in [3.05, 3.63) is 65.5 Å². The molecule has 7 nitrogen and oxygen atoms in total. The number of amides is 1. The number of hydrogen-bond donors (Lipinski definition) is 1. The number of aromatic nitrogens is 2. The van der Waals surface area contributed by atoms with E-state index in [1.54, 1.807) is 0 Å². The summed E-state index contributed by atoms with van der Waals surface area (Å²) in [6, 6.07) is 16.2. The monoisotopic (exact) mass is 430 g/mol. The normalized spacial score (nSPS) is 18.5. The molecule has 1 atom stereocenters. The lowest BCUT2D eigenvalue weighted by molar-refractivity contribution is -0.138. The van der Waals surface area contributed by atoms with E-state index in [9.17, 15) is 4.79 Å². The first-order valence-corrected chi connectivity index (χ1v) is 11.4. The zero-order chi connectivity index (χ0) is 22.1. The molecule has 2 aromatic carbocycles. The minimum Gasteiger partial charge on any atom is -0.383 e. The SMILES string of the molecule is CC(C(=O)N1CCc2ccccc2C1)N1CCN(Cc2nc(N)c3ccccc3n2)CC1. The summed E-state index contributed by atoms with van der Waals surface area (Å²) in [4.78, 5) is 29.0. The number of rotatable bonds is 4. The van der Waals surface area contributed by atoms with Gasteiger partial charge in [0.05, 0.1) is 18.1 Å². The molecule has 1 fully saturated rings. The second-order valence-electron chi connectivity index (χ2n) is 8.81. The maximum atomic E-state index is 13.2. The van der Waals surface area contributed by atoms with E-state index >= 15 is 0 Å². The van der Waals surface area contributed by atoms with Crippen molar-refractivity contribution in [1.82, 2.24) is 24.7 Å². The molecule has 5 rings (SSSR count). The van der Waals surface area contributed by atoms with Crippen LogP contribution in [0.3, 0.4) is 0 Å². The molecule has 2 aliphatic heterocycles. The van der Waals surface area contributed by atoms with Gasteiger partial charge >= 0.3 is 0 Å². The number of carbonyl (C=O) groups excluding carboxylic acids is 1. The van der Waals surface area contributed by atoms with Crippen LogP contribution in [0.2, 0.25) is 0 Å². The Morgan fingerprint density at radius 2 is 1.69 bits per heavy atom. The number of nitrogens with zero attached hydrogens (tertiary/aromatic N) is 5. The molecule has 2 N–H and O–H groups in total. The number of benzene rings is 2. The van der Waals surface area contributed by atoms with Crippen LogP contribution < -0.4 is 5.73 Å². The molecule has 1 unspecified atom stereocenters. The number of carbonyl (C=O) groups is 1. The van der Waals surface area contributed by atoms with Crippen molar-refractivity contribution in [1.29, 1.82) is 0 Å². The van der Waals surface area contributed by atoms with E-state index in [2.05, 4.69) is 44.0 Å². The molecular weight excluding hydrogens is 400 g/mol. The Morgan fingerprint density at radius 1 is 0.969 bits per heavy atom. The second kappa shape index (κ2) is 8.84. The maximum absolute atomic E-state index is 13.2. The van der Waals surface area contributed by atoms with Crippen molar-refractivity contribution >= 4 is 22.6 Å². The molecule has 1 amide bonds. The summed E-state index contributed by atoms with van der Waals surface area (Å²) in [6.07, 6.45) is 0.942. The highest BCUT2D eigenvalue weighted by molar-refractivity contribution is 5.87. The standard InChI is InChI=1S/C25H30N6O/c1-18(25(32)31-11-10-19-6-2-3-7-20(19)16-31)30-14-12-29(13-15-30)17-23-27-22-9-5-4-8-21(22)24(26)28-23/h2-9,18H,10-17H2,1H3,(H2,26,27,28). The Morgan fingerprint density at radius 3 is 2.50 bits per heavy atom. The van der Waals surface area contributed by atoms with Crippen LogP contribution in [0.4, 0.5) is 5.82 Å². The minimum absolute atomic E-state index is 0.102. The lowest BCUT2D eigenvalue weighted by Crippen LogP contribution is -2.54. The summed E-state index contributed by atoms with van der Waals surface area (Å²) in [5.41, 5.74) is 9.67. The number of nitrogens with two attached hydrogens (primary N) is 1. The van der Waals surface area contributed by atoms with Crippen LogP contribution >= 0.6 is 0 Å². The van der Waals surface area contributed by atoms with Crippen molar-refractivity contribution in [2.45, 2.75) is 32.5 Å². The smallest absolute Gasteiger partial charge is 0.239 e. The van der Waals surface area contributed by atoms with Crippen LogP contribution in [0, 0.1) is 0 Å². The number of anilines is 1. The third-order valence-electron chi connectivity index (χ3n) is 6.80. The lowest BCUT2D eigenvalue weighted by Gasteiger charge is -2.39. The van der Waals surface area contributed by atoms with E-state index in [-0.39, 0.29) is 11.9 Å². The van der Waals surface area contributed by atoms with Gasteiger partial charge in [0.2, 0.25) is 5.91 Å². The van der Waals surface area contributed by atoms with Crippen molar-refractivity contribution < 1.29 is 4.79 Å². The third-order valence-corrected chi connectivity index (χ3v) is 6.80. The zero-order valence-corrected chi connectivity index (χ0v) is 18.6. The number of piperazine rings is 1. The second-order valence-corrected chi connectivity index (χ2v) is 8.81. The zero-order valence-electron chi connectivity index (χ0n) is 18.6. The summed E-state index contributed by atoms with van der Waals surface area (Å²) < 4.78 is 0. The Balaban J connectivity index is 1.17. The fraction of sp³-hybridized carbons (Fsp3) is 0.400. The lowest BCUT2D eigenvalue weighted by atomic mass is 9.99. The van der Waals surface area contributed by atoms with Gasteiger partial charge in [0, 0.05) is 44.7 Å². The van der Waals surface area contributed by atoms with Gasteiger partial charge in [-0.3, -0.25) is 14.6 Å². The molecular formula is C25H30N6O. The Hall–Kier alpha value is -3.03. The number of para-hydroxylation sites is 1. The molecule has 2 aliphatic rings. The average molecular weight is 431 g/mol. The number of nitrogen functional groups attached to an aromatic ring is 1. The predicted molar refractivity (Wildman–Crippen MR) is 126 cm³/mol. The number of hydrogen-bond acceptors (Lipinski definition) is 6. The van der Waals surface area contributed by atoms with Gasteiger partial charge < -0.3 is 10.6 Å². The van der Waals surface area contributed by atoms with E-state index in [0.29, 0.717) is 12.4 Å². The van der Waals surface area contributed by atoms with Crippen LogP contribution in [0.25, 0.3) is 10.9 Å². The highest BCUT2D eigenvalue weighted by Crippen LogP contribution is 2.21. The minimum atomic E-state index is -0.102. The van der Waals surface area contributed by atoms with Gasteiger partial charge in [0.1, 0.15) is 11.6 Å². The molecule has 3 aromatic rings. The molecule has 0 spiro atoms. The molecule has 0 bridgehead atoms. The number of fused-ring (bicyclic) bond motifs is 2. The van der Waals surface area contributed by atoms with Gasteiger partial charge in [-0.1, -0.05) is 36.4 Å². The van der Waals surface area contributed by atoms with Crippen LogP contribution in [0.1, 0.15) is 23.9 Å². The summed E-state index contributed by atoms with van der Waals surface area (Å²) >= 11 is 0. The van der Waals surface area contributed by atoms with Crippen molar-refractivity contribution in [3.63, 3.8) is 0 Å². The Labute approximate surface area is 188 Å². The highest BCUT2D eigenvalue weighted by Gasteiger charge is 2.30. The Kier molecular flexibility index (Phi) is 5.76. The van der Waals surface area contributed by atoms with Crippen molar-refractivity contribution in [2.24, 2.45) is 0 Å². The van der Waals surface area contributed by atoms with Gasteiger partial charge in [-0.2, -0.15) is 0 Å². The van der Waals surface area contributed by atoms with E-state index in [0.717, 1.165) is 62.4 Å². The molecule has 166 valence electrons. The topological polar surface area (TPSA) is 78.6 Å². The van der Waals surface area contributed by atoms with Crippen molar-refractivity contribution in [3.8, 4) is 0 Å². The molecule has 0 saturated carbocycles. The van der Waals surface area contributed by atoms with Gasteiger partial charge in [-0.05, 0) is 36.6 Å². The maximum Gasteiger partial charge on any atom is 0.239 e. The molecule has 1 aromatic heterocycles. The van der Waals surface area contributed by atoms with Crippen LogP contribution in [0.15, 0.2) is 48.5 Å². The van der Waals surface area contributed by atoms with E-state index in [1.807, 2.05) is 36.1 Å². The predicted octanol–water partition coefficient (Wildman–Crippen LogP) is 2.30. The van der Waals surface area contributed by atoms with Gasteiger partial charge in [0.25, 0.3) is 0 Å².